The standard InChI is InChI=1S/C18H27FN2O3/c1-18(13-22)7-4-8-21(12-18)11-17(23)20(2)10-14-5-6-16(24-3)15(19)9-14/h5-6,9,22H,4,7-8,10-13H2,1-3H3. The van der Waals surface area contributed by atoms with Gasteiger partial charge in [0.25, 0.3) is 0 Å². The van der Waals surface area contributed by atoms with Crippen LogP contribution in [0.2, 0.25) is 0 Å². The summed E-state index contributed by atoms with van der Waals surface area (Å²) in [4.78, 5) is 16.1. The lowest BCUT2D eigenvalue weighted by atomic mass is 9.83. The van der Waals surface area contributed by atoms with Crippen LogP contribution in [0.4, 0.5) is 4.39 Å². The summed E-state index contributed by atoms with van der Waals surface area (Å²) in [6, 6.07) is 4.72. The van der Waals surface area contributed by atoms with Gasteiger partial charge in [-0.25, -0.2) is 4.39 Å². The number of halogens is 1. The van der Waals surface area contributed by atoms with Gasteiger partial charge in [-0.1, -0.05) is 13.0 Å². The molecule has 1 aliphatic heterocycles. The number of ether oxygens (including phenoxy) is 1. The zero-order valence-electron chi connectivity index (χ0n) is 14.7. The number of hydrogen-bond acceptors (Lipinski definition) is 4. The number of amides is 1. The number of hydrogen-bond donors (Lipinski definition) is 1. The normalized spacial score (nSPS) is 21.5. The zero-order chi connectivity index (χ0) is 17.7. The second-order valence-electron chi connectivity index (χ2n) is 7.00. The number of piperidine rings is 1. The van der Waals surface area contributed by atoms with E-state index in [0.717, 1.165) is 31.5 Å². The second kappa shape index (κ2) is 7.94. The SMILES string of the molecule is COc1ccc(CN(C)C(=O)CN2CCCC(C)(CO)C2)cc1F. The highest BCUT2D eigenvalue weighted by Crippen LogP contribution is 2.28. The van der Waals surface area contributed by atoms with E-state index in [4.69, 9.17) is 4.74 Å². The van der Waals surface area contributed by atoms with Crippen molar-refractivity contribution < 1.29 is 19.0 Å². The lowest BCUT2D eigenvalue weighted by molar-refractivity contribution is -0.132. The molecule has 6 heteroatoms. The fourth-order valence-corrected chi connectivity index (χ4v) is 3.17. The van der Waals surface area contributed by atoms with Crippen molar-refractivity contribution in [3.8, 4) is 5.75 Å². The summed E-state index contributed by atoms with van der Waals surface area (Å²) >= 11 is 0. The van der Waals surface area contributed by atoms with E-state index in [2.05, 4.69) is 4.90 Å². The van der Waals surface area contributed by atoms with Gasteiger partial charge in [-0.3, -0.25) is 9.69 Å². The molecular weight excluding hydrogens is 311 g/mol. The molecule has 1 saturated heterocycles. The van der Waals surface area contributed by atoms with Gasteiger partial charge in [-0.05, 0) is 37.1 Å². The summed E-state index contributed by atoms with van der Waals surface area (Å²) in [5, 5.41) is 9.51. The van der Waals surface area contributed by atoms with Crippen molar-refractivity contribution in [2.45, 2.75) is 26.3 Å². The Labute approximate surface area is 143 Å². The maximum atomic E-state index is 13.7. The predicted octanol–water partition coefficient (Wildman–Crippen LogP) is 1.89. The summed E-state index contributed by atoms with van der Waals surface area (Å²) in [7, 11) is 3.14. The Kier molecular flexibility index (Phi) is 6.18. The minimum Gasteiger partial charge on any atom is -0.494 e. The van der Waals surface area contributed by atoms with Gasteiger partial charge in [0.1, 0.15) is 0 Å². The molecule has 1 atom stereocenters. The number of nitrogens with zero attached hydrogens (tertiary/aromatic N) is 2. The van der Waals surface area contributed by atoms with Crippen LogP contribution in [0, 0.1) is 11.2 Å². The first-order chi connectivity index (χ1) is 11.4. The molecule has 1 fully saturated rings. The molecule has 0 saturated carbocycles. The van der Waals surface area contributed by atoms with Crippen LogP contribution >= 0.6 is 0 Å². The fraction of sp³-hybridized carbons (Fsp3) is 0.611. The molecule has 1 amide bonds. The summed E-state index contributed by atoms with van der Waals surface area (Å²) in [5.41, 5.74) is 0.596. The number of methoxy groups -OCH3 is 1. The minimum atomic E-state index is -0.425. The van der Waals surface area contributed by atoms with Gasteiger partial charge in [0.05, 0.1) is 13.7 Å². The molecule has 1 heterocycles. The van der Waals surface area contributed by atoms with Crippen LogP contribution < -0.4 is 4.74 Å². The monoisotopic (exact) mass is 338 g/mol. The maximum Gasteiger partial charge on any atom is 0.236 e. The summed E-state index contributed by atoms with van der Waals surface area (Å²) in [6.45, 7) is 4.45. The number of benzene rings is 1. The van der Waals surface area contributed by atoms with Crippen LogP contribution in [0.5, 0.6) is 5.75 Å². The largest absolute Gasteiger partial charge is 0.494 e. The first kappa shape index (κ1) is 18.7. The molecule has 0 spiro atoms. The van der Waals surface area contributed by atoms with E-state index in [1.54, 1.807) is 24.1 Å². The molecule has 1 aliphatic rings. The number of likely N-dealkylation sites (tertiary alicyclic amines) is 1. The molecule has 0 radical (unpaired) electrons. The molecule has 1 unspecified atom stereocenters. The molecular formula is C18H27FN2O3. The lowest BCUT2D eigenvalue weighted by Gasteiger charge is -2.39. The van der Waals surface area contributed by atoms with Gasteiger partial charge in [0, 0.05) is 32.2 Å². The van der Waals surface area contributed by atoms with Gasteiger partial charge in [-0.15, -0.1) is 0 Å². The molecule has 2 rings (SSSR count). The summed E-state index contributed by atoms with van der Waals surface area (Å²) < 4.78 is 18.6. The van der Waals surface area contributed by atoms with Crippen LogP contribution in [-0.2, 0) is 11.3 Å². The average molecular weight is 338 g/mol. The Morgan fingerprint density at radius 3 is 2.88 bits per heavy atom. The summed E-state index contributed by atoms with van der Waals surface area (Å²) in [5.74, 6) is -0.233. The van der Waals surface area contributed by atoms with Gasteiger partial charge in [-0.2, -0.15) is 0 Å². The quantitative estimate of drug-likeness (QED) is 0.861. The van der Waals surface area contributed by atoms with Crippen LogP contribution in [0.3, 0.4) is 0 Å². The Hall–Kier alpha value is -1.66. The third-order valence-corrected chi connectivity index (χ3v) is 4.66. The maximum absolute atomic E-state index is 13.7. The highest BCUT2D eigenvalue weighted by atomic mass is 19.1. The first-order valence-corrected chi connectivity index (χ1v) is 8.26. The van der Waals surface area contributed by atoms with E-state index in [0.29, 0.717) is 13.1 Å². The van der Waals surface area contributed by atoms with E-state index in [1.165, 1.54) is 13.2 Å². The molecule has 0 bridgehead atoms. The highest BCUT2D eigenvalue weighted by Gasteiger charge is 2.31. The minimum absolute atomic E-state index is 0.00610. The number of rotatable bonds is 6. The van der Waals surface area contributed by atoms with Crippen molar-refractivity contribution in [3.05, 3.63) is 29.6 Å². The zero-order valence-corrected chi connectivity index (χ0v) is 14.7. The Morgan fingerprint density at radius 1 is 1.50 bits per heavy atom. The molecule has 1 N–H and O–H groups in total. The topological polar surface area (TPSA) is 53.0 Å². The van der Waals surface area contributed by atoms with Crippen molar-refractivity contribution in [2.24, 2.45) is 5.41 Å². The molecule has 5 nitrogen and oxygen atoms in total. The molecule has 1 aromatic rings. The Morgan fingerprint density at radius 2 is 2.25 bits per heavy atom. The van der Waals surface area contributed by atoms with Crippen LogP contribution in [0.25, 0.3) is 0 Å². The van der Waals surface area contributed by atoms with Gasteiger partial charge < -0.3 is 14.7 Å². The van der Waals surface area contributed by atoms with E-state index in [9.17, 15) is 14.3 Å². The van der Waals surface area contributed by atoms with Crippen LogP contribution in [0.1, 0.15) is 25.3 Å². The Bertz CT molecular complexity index is 581. The first-order valence-electron chi connectivity index (χ1n) is 8.26. The number of carbonyl (C=O) groups excluding carboxylic acids is 1. The van der Waals surface area contributed by atoms with Gasteiger partial charge in [0.2, 0.25) is 5.91 Å². The van der Waals surface area contributed by atoms with Crippen molar-refractivity contribution in [1.29, 1.82) is 0 Å². The second-order valence-corrected chi connectivity index (χ2v) is 7.00. The molecule has 24 heavy (non-hydrogen) atoms. The molecule has 1 aromatic carbocycles. The van der Waals surface area contributed by atoms with Gasteiger partial charge in [0.15, 0.2) is 11.6 Å². The van der Waals surface area contributed by atoms with Crippen molar-refractivity contribution in [2.75, 3.05) is 40.4 Å². The summed E-state index contributed by atoms with van der Waals surface area (Å²) in [6.07, 6.45) is 1.97. The lowest BCUT2D eigenvalue weighted by Crippen LogP contribution is -2.47. The average Bonchev–Trinajstić information content (AvgIpc) is 2.55. The number of likely N-dealkylation sites (N-methyl/N-ethyl adjacent to an activating group) is 1. The van der Waals surface area contributed by atoms with Crippen molar-refractivity contribution in [3.63, 3.8) is 0 Å². The fourth-order valence-electron chi connectivity index (χ4n) is 3.17. The van der Waals surface area contributed by atoms with E-state index in [1.807, 2.05) is 6.92 Å². The Balaban J connectivity index is 1.91. The molecule has 0 aliphatic carbocycles. The van der Waals surface area contributed by atoms with Crippen molar-refractivity contribution in [1.82, 2.24) is 9.80 Å². The van der Waals surface area contributed by atoms with E-state index >= 15 is 0 Å². The van der Waals surface area contributed by atoms with Gasteiger partial charge >= 0.3 is 0 Å². The van der Waals surface area contributed by atoms with E-state index in [-0.39, 0.29) is 23.7 Å². The van der Waals surface area contributed by atoms with Crippen molar-refractivity contribution >= 4 is 5.91 Å². The smallest absolute Gasteiger partial charge is 0.236 e. The third-order valence-electron chi connectivity index (χ3n) is 4.66. The van der Waals surface area contributed by atoms with Crippen LogP contribution in [0.15, 0.2) is 18.2 Å². The number of aliphatic hydroxyl groups is 1. The highest BCUT2D eigenvalue weighted by molar-refractivity contribution is 5.78. The predicted molar refractivity (Wildman–Crippen MR) is 90.3 cm³/mol. The molecule has 134 valence electrons. The molecule has 0 aromatic heterocycles. The third kappa shape index (κ3) is 4.68. The van der Waals surface area contributed by atoms with E-state index < -0.39 is 5.82 Å². The van der Waals surface area contributed by atoms with Crippen LogP contribution in [-0.4, -0.2) is 61.2 Å². The number of aliphatic hydroxyl groups excluding tert-OH is 1. The number of carbonyl (C=O) groups is 1.